The predicted molar refractivity (Wildman–Crippen MR) is 71.8 cm³/mol. The Balaban J connectivity index is 2.32. The highest BCUT2D eigenvalue weighted by Gasteiger charge is 2.09. The number of rotatable bonds is 4. The second kappa shape index (κ2) is 5.95. The summed E-state index contributed by atoms with van der Waals surface area (Å²) in [4.78, 5) is 18.3. The maximum atomic E-state index is 13.8. The number of hydrogen-bond donors (Lipinski definition) is 2. The van der Waals surface area contributed by atoms with E-state index in [1.54, 1.807) is 19.2 Å². The van der Waals surface area contributed by atoms with Gasteiger partial charge in [0.05, 0.1) is 10.7 Å². The van der Waals surface area contributed by atoms with Crippen LogP contribution < -0.4 is 10.9 Å². The maximum absolute atomic E-state index is 13.8. The summed E-state index contributed by atoms with van der Waals surface area (Å²) in [7, 11) is 1.76. The van der Waals surface area contributed by atoms with E-state index in [-0.39, 0.29) is 17.0 Å². The van der Waals surface area contributed by atoms with Gasteiger partial charge in [-0.15, -0.1) is 0 Å². The van der Waals surface area contributed by atoms with Crippen LogP contribution in [-0.4, -0.2) is 17.0 Å². The average Bonchev–Trinajstić information content (AvgIpc) is 2.35. The molecule has 1 aromatic carbocycles. The van der Waals surface area contributed by atoms with Crippen LogP contribution in [0.3, 0.4) is 0 Å². The van der Waals surface area contributed by atoms with Gasteiger partial charge in [-0.25, -0.2) is 9.37 Å². The van der Waals surface area contributed by atoms with Crippen molar-refractivity contribution in [1.82, 2.24) is 15.3 Å². The molecule has 19 heavy (non-hydrogen) atoms. The lowest BCUT2D eigenvalue weighted by Crippen LogP contribution is -2.17. The zero-order valence-corrected chi connectivity index (χ0v) is 11.1. The van der Waals surface area contributed by atoms with Crippen LogP contribution in [0.15, 0.2) is 29.1 Å². The lowest BCUT2D eigenvalue weighted by atomic mass is 10.1. The molecule has 0 bridgehead atoms. The number of nitrogens with zero attached hydrogens (tertiary/aromatic N) is 1. The van der Waals surface area contributed by atoms with Crippen molar-refractivity contribution < 1.29 is 4.39 Å². The Morgan fingerprint density at radius 2 is 2.26 bits per heavy atom. The van der Waals surface area contributed by atoms with Crippen molar-refractivity contribution >= 4 is 11.6 Å². The molecule has 1 heterocycles. The molecule has 0 aliphatic rings. The highest BCUT2D eigenvalue weighted by atomic mass is 35.5. The molecule has 0 aliphatic carbocycles. The molecule has 4 nitrogen and oxygen atoms in total. The number of nitrogens with one attached hydrogen (secondary N) is 2. The van der Waals surface area contributed by atoms with Gasteiger partial charge in [0.15, 0.2) is 0 Å². The largest absolute Gasteiger partial charge is 0.314 e. The Bertz CT molecular complexity index is 642. The van der Waals surface area contributed by atoms with Gasteiger partial charge in [-0.3, -0.25) is 4.79 Å². The highest BCUT2D eigenvalue weighted by Crippen LogP contribution is 2.19. The molecular weight excluding hydrogens is 269 g/mol. The van der Waals surface area contributed by atoms with E-state index in [1.165, 1.54) is 12.1 Å². The number of aromatic amines is 1. The van der Waals surface area contributed by atoms with Gasteiger partial charge in [0.25, 0.3) is 5.56 Å². The Labute approximate surface area is 114 Å². The molecule has 0 spiro atoms. The Morgan fingerprint density at radius 3 is 3.00 bits per heavy atom. The van der Waals surface area contributed by atoms with E-state index in [2.05, 4.69) is 15.3 Å². The Morgan fingerprint density at radius 1 is 1.47 bits per heavy atom. The van der Waals surface area contributed by atoms with Crippen molar-refractivity contribution in [2.45, 2.75) is 13.0 Å². The minimum atomic E-state index is -0.481. The standard InChI is InChI=1S/C13H13ClFN3O/c1-16-7-9-6-12(19)18-11(17-9)5-8-3-2-4-10(14)13(8)15/h2-4,6,16H,5,7H2,1H3,(H,17,18,19). The smallest absolute Gasteiger partial charge is 0.251 e. The van der Waals surface area contributed by atoms with Crippen LogP contribution in [0.2, 0.25) is 5.02 Å². The molecule has 0 radical (unpaired) electrons. The minimum absolute atomic E-state index is 0.0613. The van der Waals surface area contributed by atoms with Gasteiger partial charge in [0.1, 0.15) is 11.6 Å². The minimum Gasteiger partial charge on any atom is -0.314 e. The van der Waals surface area contributed by atoms with Gasteiger partial charge in [-0.1, -0.05) is 23.7 Å². The van der Waals surface area contributed by atoms with Crippen LogP contribution >= 0.6 is 11.6 Å². The first-order chi connectivity index (χ1) is 9.10. The lowest BCUT2D eigenvalue weighted by Gasteiger charge is -2.06. The van der Waals surface area contributed by atoms with Crippen LogP contribution in [0.1, 0.15) is 17.1 Å². The van der Waals surface area contributed by atoms with Gasteiger partial charge in [0, 0.05) is 19.0 Å². The summed E-state index contributed by atoms with van der Waals surface area (Å²) < 4.78 is 13.8. The zero-order valence-electron chi connectivity index (χ0n) is 10.3. The zero-order chi connectivity index (χ0) is 13.8. The summed E-state index contributed by atoms with van der Waals surface area (Å²) in [6.07, 6.45) is 0.194. The van der Waals surface area contributed by atoms with E-state index in [9.17, 15) is 9.18 Å². The summed E-state index contributed by atoms with van der Waals surface area (Å²) in [5.74, 6) is -0.0650. The van der Waals surface area contributed by atoms with Crippen molar-refractivity contribution in [2.75, 3.05) is 7.05 Å². The number of H-pyrrole nitrogens is 1. The fraction of sp³-hybridized carbons (Fsp3) is 0.231. The van der Waals surface area contributed by atoms with E-state index in [4.69, 9.17) is 11.6 Å². The van der Waals surface area contributed by atoms with E-state index in [1.807, 2.05) is 0 Å². The average molecular weight is 282 g/mol. The first kappa shape index (κ1) is 13.7. The summed E-state index contributed by atoms with van der Waals surface area (Å²) in [5.41, 5.74) is 0.763. The van der Waals surface area contributed by atoms with Crippen molar-refractivity contribution in [3.63, 3.8) is 0 Å². The maximum Gasteiger partial charge on any atom is 0.251 e. The van der Waals surface area contributed by atoms with Crippen LogP contribution in [0.4, 0.5) is 4.39 Å². The SMILES string of the molecule is CNCc1cc(=O)[nH]c(Cc2cccc(Cl)c2F)n1. The first-order valence-corrected chi connectivity index (χ1v) is 6.14. The fourth-order valence-electron chi connectivity index (χ4n) is 1.78. The molecule has 6 heteroatoms. The van der Waals surface area contributed by atoms with E-state index >= 15 is 0 Å². The third-order valence-electron chi connectivity index (χ3n) is 2.59. The topological polar surface area (TPSA) is 57.8 Å². The number of benzene rings is 1. The van der Waals surface area contributed by atoms with Crippen LogP contribution in [0, 0.1) is 5.82 Å². The molecule has 0 atom stereocenters. The van der Waals surface area contributed by atoms with E-state index in [0.29, 0.717) is 23.6 Å². The number of hydrogen-bond acceptors (Lipinski definition) is 3. The number of halogens is 2. The van der Waals surface area contributed by atoms with Gasteiger partial charge >= 0.3 is 0 Å². The quantitative estimate of drug-likeness (QED) is 0.899. The summed E-state index contributed by atoms with van der Waals surface area (Å²) in [5, 5.41) is 2.97. The van der Waals surface area contributed by atoms with Gasteiger partial charge in [-0.2, -0.15) is 0 Å². The van der Waals surface area contributed by atoms with E-state index < -0.39 is 5.82 Å². The molecule has 1 aromatic heterocycles. The Kier molecular flexibility index (Phi) is 4.29. The third kappa shape index (κ3) is 3.39. The second-order valence-electron chi connectivity index (χ2n) is 4.10. The molecule has 0 saturated carbocycles. The van der Waals surface area contributed by atoms with Crippen LogP contribution in [0.25, 0.3) is 0 Å². The summed E-state index contributed by atoms with van der Waals surface area (Å²) in [6.45, 7) is 0.481. The van der Waals surface area contributed by atoms with Crippen LogP contribution in [0.5, 0.6) is 0 Å². The third-order valence-corrected chi connectivity index (χ3v) is 2.88. The van der Waals surface area contributed by atoms with Crippen molar-refractivity contribution in [3.8, 4) is 0 Å². The Hall–Kier alpha value is -1.72. The monoisotopic (exact) mass is 281 g/mol. The van der Waals surface area contributed by atoms with Crippen LogP contribution in [-0.2, 0) is 13.0 Å². The van der Waals surface area contributed by atoms with Gasteiger partial charge in [-0.05, 0) is 18.7 Å². The molecule has 0 fully saturated rings. The molecule has 2 rings (SSSR count). The fourth-order valence-corrected chi connectivity index (χ4v) is 1.98. The van der Waals surface area contributed by atoms with E-state index in [0.717, 1.165) is 0 Å². The normalized spacial score (nSPS) is 10.7. The van der Waals surface area contributed by atoms with Crippen molar-refractivity contribution in [2.24, 2.45) is 0 Å². The lowest BCUT2D eigenvalue weighted by molar-refractivity contribution is 0.612. The highest BCUT2D eigenvalue weighted by molar-refractivity contribution is 6.30. The van der Waals surface area contributed by atoms with Crippen molar-refractivity contribution in [1.29, 1.82) is 0 Å². The summed E-state index contributed by atoms with van der Waals surface area (Å²) in [6, 6.07) is 6.17. The summed E-state index contributed by atoms with van der Waals surface area (Å²) >= 11 is 5.71. The molecule has 0 amide bonds. The molecule has 2 aromatic rings. The molecule has 0 aliphatic heterocycles. The molecule has 0 unspecified atom stereocenters. The molecule has 2 N–H and O–H groups in total. The molecule has 0 saturated heterocycles. The predicted octanol–water partition coefficient (Wildman–Crippen LogP) is 1.87. The molecule has 100 valence electrons. The first-order valence-electron chi connectivity index (χ1n) is 5.76. The van der Waals surface area contributed by atoms with Gasteiger partial charge in [0.2, 0.25) is 0 Å². The second-order valence-corrected chi connectivity index (χ2v) is 4.51. The van der Waals surface area contributed by atoms with Crippen molar-refractivity contribution in [3.05, 3.63) is 62.5 Å². The molecular formula is C13H13ClFN3O. The van der Waals surface area contributed by atoms with Gasteiger partial charge < -0.3 is 10.3 Å². The number of aromatic nitrogens is 2.